The molecule has 0 saturated heterocycles. The van der Waals surface area contributed by atoms with Crippen LogP contribution in [0.1, 0.15) is 38.3 Å². The van der Waals surface area contributed by atoms with Crippen LogP contribution in [0, 0.1) is 0 Å². The summed E-state index contributed by atoms with van der Waals surface area (Å²) in [7, 11) is 0. The van der Waals surface area contributed by atoms with Gasteiger partial charge in [-0.15, -0.1) is 0 Å². The maximum Gasteiger partial charge on any atom is 0.251 e. The topological polar surface area (TPSA) is 58.2 Å². The molecule has 2 amide bonds. The van der Waals surface area contributed by atoms with E-state index in [0.29, 0.717) is 24.2 Å². The van der Waals surface area contributed by atoms with E-state index in [2.05, 4.69) is 16.7 Å². The van der Waals surface area contributed by atoms with Gasteiger partial charge in [-0.25, -0.2) is 0 Å². The average Bonchev–Trinajstić information content (AvgIpc) is 3.06. The van der Waals surface area contributed by atoms with Crippen molar-refractivity contribution in [3.05, 3.63) is 70.8 Å². The van der Waals surface area contributed by atoms with E-state index in [-0.39, 0.29) is 11.8 Å². The predicted octanol–water partition coefficient (Wildman–Crippen LogP) is 2.34. The third-order valence-corrected chi connectivity index (χ3v) is 4.09. The summed E-state index contributed by atoms with van der Waals surface area (Å²) in [5, 5.41) is 5.64. The molecule has 0 bridgehead atoms. The van der Waals surface area contributed by atoms with Gasteiger partial charge in [-0.1, -0.05) is 24.3 Å². The highest BCUT2D eigenvalue weighted by molar-refractivity contribution is 5.95. The molecule has 1 aliphatic rings. The Labute approximate surface area is 135 Å². The quantitative estimate of drug-likeness (QED) is 0.833. The van der Waals surface area contributed by atoms with Crippen LogP contribution in [0.15, 0.2) is 48.5 Å². The van der Waals surface area contributed by atoms with Gasteiger partial charge in [-0.05, 0) is 54.7 Å². The number of amides is 2. The molecule has 4 nitrogen and oxygen atoms in total. The zero-order chi connectivity index (χ0) is 16.1. The Kier molecular flexibility index (Phi) is 4.71. The molecule has 23 heavy (non-hydrogen) atoms. The summed E-state index contributed by atoms with van der Waals surface area (Å²) >= 11 is 0. The van der Waals surface area contributed by atoms with Gasteiger partial charge >= 0.3 is 0 Å². The second-order valence-electron chi connectivity index (χ2n) is 5.71. The van der Waals surface area contributed by atoms with Crippen LogP contribution in [-0.4, -0.2) is 24.9 Å². The second kappa shape index (κ2) is 7.09. The van der Waals surface area contributed by atoms with Crippen molar-refractivity contribution in [3.63, 3.8) is 0 Å². The fourth-order valence-corrected chi connectivity index (χ4v) is 2.86. The number of nitrogens with one attached hydrogen (secondary N) is 2. The minimum absolute atomic E-state index is 0.0892. The van der Waals surface area contributed by atoms with E-state index >= 15 is 0 Å². The maximum atomic E-state index is 12.1. The third-order valence-electron chi connectivity index (χ3n) is 4.09. The monoisotopic (exact) mass is 308 g/mol. The first kappa shape index (κ1) is 15.3. The van der Waals surface area contributed by atoms with Crippen LogP contribution < -0.4 is 10.6 Å². The van der Waals surface area contributed by atoms with Gasteiger partial charge in [0.05, 0.1) is 0 Å². The van der Waals surface area contributed by atoms with Crippen LogP contribution in [0.25, 0.3) is 0 Å². The zero-order valence-corrected chi connectivity index (χ0v) is 13.0. The number of rotatable bonds is 5. The highest BCUT2D eigenvalue weighted by Gasteiger charge is 2.13. The molecule has 2 aromatic rings. The van der Waals surface area contributed by atoms with Crippen molar-refractivity contribution in [1.29, 1.82) is 0 Å². The summed E-state index contributed by atoms with van der Waals surface area (Å²) in [6, 6.07) is 15.0. The van der Waals surface area contributed by atoms with Crippen LogP contribution in [0.3, 0.4) is 0 Å². The van der Waals surface area contributed by atoms with E-state index in [9.17, 15) is 9.59 Å². The Balaban J connectivity index is 1.45. The van der Waals surface area contributed by atoms with E-state index in [1.54, 1.807) is 12.1 Å². The summed E-state index contributed by atoms with van der Waals surface area (Å²) < 4.78 is 0. The molecule has 0 radical (unpaired) electrons. The van der Waals surface area contributed by atoms with Gasteiger partial charge < -0.3 is 10.6 Å². The second-order valence-corrected chi connectivity index (χ2v) is 5.71. The molecular formula is C19H20N2O2. The number of hydrogen-bond donors (Lipinski definition) is 2. The molecular weight excluding hydrogens is 288 g/mol. The van der Waals surface area contributed by atoms with Gasteiger partial charge in [0.1, 0.15) is 0 Å². The first-order valence-corrected chi connectivity index (χ1v) is 7.97. The average molecular weight is 308 g/mol. The van der Waals surface area contributed by atoms with Crippen molar-refractivity contribution in [2.45, 2.75) is 19.3 Å². The van der Waals surface area contributed by atoms with Crippen LogP contribution in [0.2, 0.25) is 0 Å². The van der Waals surface area contributed by atoms with Crippen LogP contribution in [0.5, 0.6) is 0 Å². The third kappa shape index (κ3) is 3.77. The molecule has 2 aromatic carbocycles. The van der Waals surface area contributed by atoms with E-state index < -0.39 is 0 Å². The summed E-state index contributed by atoms with van der Waals surface area (Å²) in [5.41, 5.74) is 3.96. The van der Waals surface area contributed by atoms with Gasteiger partial charge in [-0.2, -0.15) is 0 Å². The smallest absolute Gasteiger partial charge is 0.251 e. The first-order valence-electron chi connectivity index (χ1n) is 7.97. The minimum Gasteiger partial charge on any atom is -0.350 e. The normalized spacial score (nSPS) is 12.5. The molecule has 4 heteroatoms. The highest BCUT2D eigenvalue weighted by Crippen LogP contribution is 2.22. The van der Waals surface area contributed by atoms with Gasteiger partial charge in [0, 0.05) is 24.2 Å². The predicted molar refractivity (Wildman–Crippen MR) is 89.6 cm³/mol. The molecule has 0 saturated carbocycles. The molecule has 0 atom stereocenters. The van der Waals surface area contributed by atoms with Gasteiger partial charge in [0.2, 0.25) is 0 Å². The van der Waals surface area contributed by atoms with E-state index in [4.69, 9.17) is 0 Å². The lowest BCUT2D eigenvalue weighted by atomic mass is 10.1. The fourth-order valence-electron chi connectivity index (χ4n) is 2.86. The minimum atomic E-state index is -0.127. The molecule has 118 valence electrons. The van der Waals surface area contributed by atoms with Crippen molar-refractivity contribution < 1.29 is 9.59 Å². The Morgan fingerprint density at radius 1 is 0.783 bits per heavy atom. The molecule has 0 heterocycles. The Hall–Kier alpha value is -2.62. The lowest BCUT2D eigenvalue weighted by Gasteiger charge is -2.08. The number of fused-ring (bicyclic) bond motifs is 1. The van der Waals surface area contributed by atoms with Crippen molar-refractivity contribution in [2.75, 3.05) is 13.1 Å². The summed E-state index contributed by atoms with van der Waals surface area (Å²) in [6.45, 7) is 0.818. The molecule has 0 aliphatic heterocycles. The van der Waals surface area contributed by atoms with Gasteiger partial charge in [-0.3, -0.25) is 9.59 Å². The molecule has 2 N–H and O–H groups in total. The molecule has 1 aliphatic carbocycles. The summed E-state index contributed by atoms with van der Waals surface area (Å²) in [4.78, 5) is 24.0. The SMILES string of the molecule is O=C(NCCNC(=O)c1ccc2c(c1)CCC2)c1ccccc1. The van der Waals surface area contributed by atoms with E-state index in [1.807, 2.05) is 30.3 Å². The van der Waals surface area contributed by atoms with Gasteiger partial charge in [0.15, 0.2) is 0 Å². The van der Waals surface area contributed by atoms with Crippen molar-refractivity contribution in [3.8, 4) is 0 Å². The Bertz CT molecular complexity index is 711. The number of benzene rings is 2. The standard InChI is InChI=1S/C19H20N2O2/c22-18(15-5-2-1-3-6-15)20-11-12-21-19(23)17-10-9-14-7-4-8-16(14)13-17/h1-3,5-6,9-10,13H,4,7-8,11-12H2,(H,20,22)(H,21,23). The number of carbonyl (C=O) groups is 2. The van der Waals surface area contributed by atoms with Gasteiger partial charge in [0.25, 0.3) is 11.8 Å². The highest BCUT2D eigenvalue weighted by atomic mass is 16.2. The zero-order valence-electron chi connectivity index (χ0n) is 13.0. The molecule has 0 unspecified atom stereocenters. The largest absolute Gasteiger partial charge is 0.350 e. The Morgan fingerprint density at radius 2 is 1.43 bits per heavy atom. The maximum absolute atomic E-state index is 12.1. The first-order chi connectivity index (χ1) is 11.2. The van der Waals surface area contributed by atoms with Crippen LogP contribution >= 0.6 is 0 Å². The lowest BCUT2D eigenvalue weighted by Crippen LogP contribution is -2.34. The number of aryl methyl sites for hydroxylation is 2. The van der Waals surface area contributed by atoms with Crippen LogP contribution in [0.4, 0.5) is 0 Å². The number of hydrogen-bond acceptors (Lipinski definition) is 2. The van der Waals surface area contributed by atoms with E-state index in [0.717, 1.165) is 12.8 Å². The molecule has 0 aromatic heterocycles. The van der Waals surface area contributed by atoms with Crippen molar-refractivity contribution in [2.24, 2.45) is 0 Å². The van der Waals surface area contributed by atoms with Crippen molar-refractivity contribution in [1.82, 2.24) is 10.6 Å². The van der Waals surface area contributed by atoms with E-state index in [1.165, 1.54) is 17.5 Å². The summed E-state index contributed by atoms with van der Waals surface area (Å²) in [5.74, 6) is -0.217. The summed E-state index contributed by atoms with van der Waals surface area (Å²) in [6.07, 6.45) is 3.35. The molecule has 0 fully saturated rings. The van der Waals surface area contributed by atoms with Crippen LogP contribution in [-0.2, 0) is 12.8 Å². The fraction of sp³-hybridized carbons (Fsp3) is 0.263. The Morgan fingerprint density at radius 3 is 2.17 bits per heavy atom. The molecule has 0 spiro atoms. The lowest BCUT2D eigenvalue weighted by molar-refractivity contribution is 0.0927. The number of carbonyl (C=O) groups excluding carboxylic acids is 2. The van der Waals surface area contributed by atoms with Crippen molar-refractivity contribution >= 4 is 11.8 Å². The molecule has 3 rings (SSSR count).